The van der Waals surface area contributed by atoms with E-state index in [9.17, 15) is 0 Å². The van der Waals surface area contributed by atoms with E-state index in [0.717, 1.165) is 33.7 Å². The number of aryl methyl sites for hydroxylation is 2. The fourth-order valence-electron chi connectivity index (χ4n) is 2.08. The van der Waals surface area contributed by atoms with Gasteiger partial charge in [-0.25, -0.2) is 4.68 Å². The Morgan fingerprint density at radius 1 is 1.53 bits per heavy atom. The van der Waals surface area contributed by atoms with Gasteiger partial charge in [-0.2, -0.15) is 16.4 Å². The molecule has 3 aromatic rings. The molecule has 3 aromatic heterocycles. The Hall–Kier alpha value is -1.40. The van der Waals surface area contributed by atoms with Crippen LogP contribution in [-0.4, -0.2) is 19.3 Å². The topological polar surface area (TPSA) is 38.5 Å². The first-order chi connectivity index (χ1) is 8.22. The molecule has 3 heterocycles. The highest BCUT2D eigenvalue weighted by molar-refractivity contribution is 7.71. The molecule has 17 heavy (non-hydrogen) atoms. The third-order valence-corrected chi connectivity index (χ3v) is 3.79. The van der Waals surface area contributed by atoms with E-state index in [1.165, 1.54) is 0 Å². The lowest BCUT2D eigenvalue weighted by Gasteiger charge is -2.00. The summed E-state index contributed by atoms with van der Waals surface area (Å²) in [5.41, 5.74) is 4.23. The molecular formula is C11H12N4S2. The molecule has 1 N–H and O–H groups in total. The molecule has 0 unspecified atom stereocenters. The summed E-state index contributed by atoms with van der Waals surface area (Å²) in [5, 5.41) is 8.64. The molecule has 0 atom stereocenters. The van der Waals surface area contributed by atoms with Crippen LogP contribution >= 0.6 is 23.6 Å². The predicted octanol–water partition coefficient (Wildman–Crippen LogP) is 3.05. The smallest absolute Gasteiger partial charge is 0.184 e. The molecule has 3 rings (SSSR count). The van der Waals surface area contributed by atoms with Gasteiger partial charge in [0.15, 0.2) is 10.4 Å². The van der Waals surface area contributed by atoms with Gasteiger partial charge in [-0.15, -0.1) is 0 Å². The van der Waals surface area contributed by atoms with Crippen LogP contribution in [0.4, 0.5) is 0 Å². The third-order valence-electron chi connectivity index (χ3n) is 2.84. The number of nitrogens with zero attached hydrogens (tertiary/aromatic N) is 3. The summed E-state index contributed by atoms with van der Waals surface area (Å²) >= 11 is 7.06. The quantitative estimate of drug-likeness (QED) is 0.722. The highest BCUT2D eigenvalue weighted by atomic mass is 32.1. The highest BCUT2D eigenvalue weighted by Gasteiger charge is 2.15. The molecule has 0 aliphatic rings. The summed E-state index contributed by atoms with van der Waals surface area (Å²) in [6.07, 6.45) is 0.899. The maximum Gasteiger partial charge on any atom is 0.184 e. The molecule has 0 aliphatic carbocycles. The van der Waals surface area contributed by atoms with Gasteiger partial charge in [-0.05, 0) is 30.1 Å². The number of aromatic nitrogens is 4. The summed E-state index contributed by atoms with van der Waals surface area (Å²) in [6.45, 7) is 2.10. The van der Waals surface area contributed by atoms with Crippen LogP contribution in [-0.2, 0) is 13.5 Å². The van der Waals surface area contributed by atoms with E-state index < -0.39 is 0 Å². The second-order valence-corrected chi connectivity index (χ2v) is 5.04. The fourth-order valence-corrected chi connectivity index (χ4v) is 3.00. The minimum Gasteiger partial charge on any atom is -0.327 e. The summed E-state index contributed by atoms with van der Waals surface area (Å²) in [6, 6.07) is 2.06. The van der Waals surface area contributed by atoms with Crippen LogP contribution in [0.5, 0.6) is 0 Å². The van der Waals surface area contributed by atoms with E-state index in [1.54, 1.807) is 11.3 Å². The van der Waals surface area contributed by atoms with Gasteiger partial charge in [0.1, 0.15) is 5.52 Å². The maximum atomic E-state index is 5.39. The third kappa shape index (κ3) is 1.48. The average molecular weight is 264 g/mol. The Morgan fingerprint density at radius 3 is 3.00 bits per heavy atom. The van der Waals surface area contributed by atoms with E-state index in [-0.39, 0.29) is 0 Å². The SMILES string of the molecule is CCc1nn(C)c2c1[nH]c(=S)n2-c1ccsc1. The van der Waals surface area contributed by atoms with Crippen molar-refractivity contribution in [1.82, 2.24) is 19.3 Å². The summed E-state index contributed by atoms with van der Waals surface area (Å²) in [7, 11) is 1.95. The molecule has 0 aliphatic heterocycles. The number of imidazole rings is 1. The minimum absolute atomic E-state index is 0.723. The zero-order valence-corrected chi connectivity index (χ0v) is 11.2. The van der Waals surface area contributed by atoms with Crippen molar-refractivity contribution in [3.63, 3.8) is 0 Å². The van der Waals surface area contributed by atoms with Crippen LogP contribution in [0.25, 0.3) is 16.9 Å². The van der Waals surface area contributed by atoms with Gasteiger partial charge in [-0.1, -0.05) is 6.92 Å². The Bertz CT molecular complexity index is 715. The lowest BCUT2D eigenvalue weighted by molar-refractivity contribution is 0.748. The van der Waals surface area contributed by atoms with Crippen LogP contribution < -0.4 is 0 Å². The molecule has 4 nitrogen and oxygen atoms in total. The molecule has 0 fully saturated rings. The Balaban J connectivity index is 2.43. The van der Waals surface area contributed by atoms with E-state index in [0.29, 0.717) is 0 Å². The Morgan fingerprint density at radius 2 is 2.35 bits per heavy atom. The van der Waals surface area contributed by atoms with Gasteiger partial charge >= 0.3 is 0 Å². The molecule has 0 bridgehead atoms. The van der Waals surface area contributed by atoms with Gasteiger partial charge in [-0.3, -0.25) is 4.57 Å². The van der Waals surface area contributed by atoms with Crippen LogP contribution in [0.1, 0.15) is 12.6 Å². The van der Waals surface area contributed by atoms with Crippen molar-refractivity contribution in [2.45, 2.75) is 13.3 Å². The standard InChI is InChI=1S/C11H12N4S2/c1-3-8-9-10(14(2)13-8)15(11(16)12-9)7-4-5-17-6-7/h4-6H,3H2,1-2H3,(H,12,16). The van der Waals surface area contributed by atoms with Crippen molar-refractivity contribution in [3.8, 4) is 5.69 Å². The molecule has 0 spiro atoms. The Kier molecular flexibility index (Phi) is 2.41. The first-order valence-electron chi connectivity index (χ1n) is 5.41. The second kappa shape index (κ2) is 3.82. The summed E-state index contributed by atoms with van der Waals surface area (Å²) in [4.78, 5) is 3.25. The van der Waals surface area contributed by atoms with Gasteiger partial charge in [0, 0.05) is 12.4 Å². The first kappa shape index (κ1) is 10.7. The number of fused-ring (bicyclic) bond motifs is 1. The molecule has 6 heteroatoms. The van der Waals surface area contributed by atoms with Gasteiger partial charge < -0.3 is 4.98 Å². The molecule has 0 radical (unpaired) electrons. The van der Waals surface area contributed by atoms with E-state index in [4.69, 9.17) is 12.2 Å². The van der Waals surface area contributed by atoms with Crippen LogP contribution in [0.15, 0.2) is 16.8 Å². The monoisotopic (exact) mass is 264 g/mol. The van der Waals surface area contributed by atoms with Crippen molar-refractivity contribution >= 4 is 34.7 Å². The van der Waals surface area contributed by atoms with Crippen molar-refractivity contribution in [2.75, 3.05) is 0 Å². The van der Waals surface area contributed by atoms with Crippen molar-refractivity contribution < 1.29 is 0 Å². The number of rotatable bonds is 2. The first-order valence-corrected chi connectivity index (χ1v) is 6.76. The summed E-state index contributed by atoms with van der Waals surface area (Å²) < 4.78 is 4.65. The van der Waals surface area contributed by atoms with Crippen LogP contribution in [0.3, 0.4) is 0 Å². The van der Waals surface area contributed by atoms with Crippen molar-refractivity contribution in [3.05, 3.63) is 27.3 Å². The van der Waals surface area contributed by atoms with E-state index in [2.05, 4.69) is 28.5 Å². The number of nitrogens with one attached hydrogen (secondary N) is 1. The van der Waals surface area contributed by atoms with E-state index >= 15 is 0 Å². The van der Waals surface area contributed by atoms with Crippen LogP contribution in [0, 0.1) is 4.77 Å². The average Bonchev–Trinajstić information content (AvgIpc) is 2.96. The Labute approximate surface area is 108 Å². The number of aromatic amines is 1. The normalized spacial score (nSPS) is 11.4. The summed E-state index contributed by atoms with van der Waals surface area (Å²) in [5.74, 6) is 0. The minimum atomic E-state index is 0.723. The van der Waals surface area contributed by atoms with Crippen molar-refractivity contribution in [2.24, 2.45) is 7.05 Å². The highest BCUT2D eigenvalue weighted by Crippen LogP contribution is 2.23. The largest absolute Gasteiger partial charge is 0.327 e. The maximum absolute atomic E-state index is 5.39. The van der Waals surface area contributed by atoms with Crippen LogP contribution in [0.2, 0.25) is 0 Å². The van der Waals surface area contributed by atoms with Gasteiger partial charge in [0.25, 0.3) is 0 Å². The van der Waals surface area contributed by atoms with Crippen molar-refractivity contribution in [1.29, 1.82) is 0 Å². The molecule has 88 valence electrons. The number of hydrogen-bond acceptors (Lipinski definition) is 3. The molecule has 0 aromatic carbocycles. The predicted molar refractivity (Wildman–Crippen MR) is 72.5 cm³/mol. The number of hydrogen-bond donors (Lipinski definition) is 1. The molecule has 0 saturated carbocycles. The number of thiophene rings is 1. The number of H-pyrrole nitrogens is 1. The fraction of sp³-hybridized carbons (Fsp3) is 0.273. The van der Waals surface area contributed by atoms with Gasteiger partial charge in [0.05, 0.1) is 11.4 Å². The molecule has 0 saturated heterocycles. The lowest BCUT2D eigenvalue weighted by atomic mass is 10.3. The molecular weight excluding hydrogens is 252 g/mol. The lowest BCUT2D eigenvalue weighted by Crippen LogP contribution is -1.99. The zero-order valence-electron chi connectivity index (χ0n) is 9.60. The van der Waals surface area contributed by atoms with Gasteiger partial charge in [0.2, 0.25) is 0 Å². The zero-order chi connectivity index (χ0) is 12.0. The molecule has 0 amide bonds. The van der Waals surface area contributed by atoms with E-state index in [1.807, 2.05) is 21.7 Å². The second-order valence-electron chi connectivity index (χ2n) is 3.87.